The smallest absolute Gasteiger partial charge is 0.192 e. The van der Waals surface area contributed by atoms with Gasteiger partial charge < -0.3 is 5.32 Å². The number of benzene rings is 1. The maximum atomic E-state index is 14.1. The van der Waals surface area contributed by atoms with Gasteiger partial charge >= 0.3 is 0 Å². The summed E-state index contributed by atoms with van der Waals surface area (Å²) >= 11 is 0. The maximum absolute atomic E-state index is 14.1. The fraction of sp³-hybridized carbons (Fsp3) is 0.200. The SMILES string of the molecule is CCCNc1nc(-n2ncc3ccccc32)c(F)cc1F. The molecule has 0 unspecified atom stereocenters. The maximum Gasteiger partial charge on any atom is 0.192 e. The van der Waals surface area contributed by atoms with E-state index in [-0.39, 0.29) is 11.6 Å². The third kappa shape index (κ3) is 2.44. The fourth-order valence-corrected chi connectivity index (χ4v) is 2.11. The number of aromatic nitrogens is 3. The first-order chi connectivity index (χ1) is 10.2. The molecule has 0 radical (unpaired) electrons. The second-order valence-corrected chi connectivity index (χ2v) is 4.67. The Kier molecular flexibility index (Phi) is 3.51. The molecule has 1 aromatic carbocycles. The normalized spacial score (nSPS) is 11.0. The Morgan fingerprint density at radius 3 is 2.81 bits per heavy atom. The summed E-state index contributed by atoms with van der Waals surface area (Å²) in [6.45, 7) is 2.52. The van der Waals surface area contributed by atoms with Gasteiger partial charge in [0.25, 0.3) is 0 Å². The van der Waals surface area contributed by atoms with E-state index in [0.717, 1.165) is 23.4 Å². The summed E-state index contributed by atoms with van der Waals surface area (Å²) in [5.41, 5.74) is 0.719. The summed E-state index contributed by atoms with van der Waals surface area (Å²) in [5, 5.41) is 7.85. The summed E-state index contributed by atoms with van der Waals surface area (Å²) in [7, 11) is 0. The van der Waals surface area contributed by atoms with Crippen molar-refractivity contribution in [2.75, 3.05) is 11.9 Å². The second-order valence-electron chi connectivity index (χ2n) is 4.67. The van der Waals surface area contributed by atoms with Crippen LogP contribution in [0.4, 0.5) is 14.6 Å². The van der Waals surface area contributed by atoms with Crippen molar-refractivity contribution >= 4 is 16.7 Å². The first-order valence-electron chi connectivity index (χ1n) is 6.73. The van der Waals surface area contributed by atoms with Crippen molar-refractivity contribution in [2.45, 2.75) is 13.3 Å². The van der Waals surface area contributed by atoms with Crippen LogP contribution < -0.4 is 5.32 Å². The number of nitrogens with zero attached hydrogens (tertiary/aromatic N) is 3. The molecule has 0 aliphatic heterocycles. The van der Waals surface area contributed by atoms with E-state index in [1.165, 1.54) is 4.68 Å². The van der Waals surface area contributed by atoms with Crippen LogP contribution in [0.3, 0.4) is 0 Å². The third-order valence-electron chi connectivity index (χ3n) is 3.13. The minimum absolute atomic E-state index is 0.0174. The Bertz CT molecular complexity index is 782. The first-order valence-corrected chi connectivity index (χ1v) is 6.73. The van der Waals surface area contributed by atoms with Crippen molar-refractivity contribution in [1.82, 2.24) is 14.8 Å². The third-order valence-corrected chi connectivity index (χ3v) is 3.13. The van der Waals surface area contributed by atoms with Gasteiger partial charge in [-0.15, -0.1) is 0 Å². The Hall–Kier alpha value is -2.50. The van der Waals surface area contributed by atoms with Gasteiger partial charge in [0.15, 0.2) is 23.3 Å². The number of pyridine rings is 1. The Balaban J connectivity index is 2.13. The minimum atomic E-state index is -0.747. The van der Waals surface area contributed by atoms with Crippen molar-refractivity contribution in [2.24, 2.45) is 0 Å². The van der Waals surface area contributed by atoms with Gasteiger partial charge in [-0.05, 0) is 12.5 Å². The van der Waals surface area contributed by atoms with Crippen LogP contribution in [0.25, 0.3) is 16.7 Å². The molecular formula is C15H14F2N4. The molecule has 0 fully saturated rings. The molecule has 21 heavy (non-hydrogen) atoms. The highest BCUT2D eigenvalue weighted by molar-refractivity contribution is 5.79. The Labute approximate surface area is 120 Å². The van der Waals surface area contributed by atoms with E-state index in [0.29, 0.717) is 6.54 Å². The molecule has 2 heterocycles. The second kappa shape index (κ2) is 5.47. The number of hydrogen-bond acceptors (Lipinski definition) is 3. The molecule has 0 bridgehead atoms. The Morgan fingerprint density at radius 1 is 1.19 bits per heavy atom. The van der Waals surface area contributed by atoms with Crippen LogP contribution >= 0.6 is 0 Å². The van der Waals surface area contributed by atoms with Crippen LogP contribution in [-0.2, 0) is 0 Å². The molecule has 0 aliphatic rings. The average Bonchev–Trinajstić information content (AvgIpc) is 2.90. The number of halogens is 2. The molecule has 0 saturated carbocycles. The number of rotatable bonds is 4. The molecule has 1 N–H and O–H groups in total. The van der Waals surface area contributed by atoms with Crippen molar-refractivity contribution in [1.29, 1.82) is 0 Å². The van der Waals surface area contributed by atoms with Gasteiger partial charge in [-0.3, -0.25) is 0 Å². The van der Waals surface area contributed by atoms with E-state index in [9.17, 15) is 8.78 Å². The average molecular weight is 288 g/mol. The number of para-hydroxylation sites is 1. The van der Waals surface area contributed by atoms with Gasteiger partial charge in [0, 0.05) is 18.0 Å². The van der Waals surface area contributed by atoms with Crippen molar-refractivity contribution in [3.63, 3.8) is 0 Å². The van der Waals surface area contributed by atoms with E-state index < -0.39 is 11.6 Å². The predicted molar refractivity (Wildman–Crippen MR) is 77.6 cm³/mol. The monoisotopic (exact) mass is 288 g/mol. The van der Waals surface area contributed by atoms with Crippen molar-refractivity contribution < 1.29 is 8.78 Å². The van der Waals surface area contributed by atoms with Gasteiger partial charge in [0.2, 0.25) is 0 Å². The van der Waals surface area contributed by atoms with Crippen LogP contribution in [0.2, 0.25) is 0 Å². The van der Waals surface area contributed by atoms with Crippen LogP contribution in [-0.4, -0.2) is 21.3 Å². The molecule has 0 atom stereocenters. The van der Waals surface area contributed by atoms with E-state index in [2.05, 4.69) is 15.4 Å². The zero-order valence-electron chi connectivity index (χ0n) is 11.5. The number of anilines is 1. The zero-order chi connectivity index (χ0) is 14.8. The predicted octanol–water partition coefficient (Wildman–Crippen LogP) is 3.52. The molecule has 0 spiro atoms. The molecule has 6 heteroatoms. The van der Waals surface area contributed by atoms with Gasteiger partial charge in [-0.25, -0.2) is 18.4 Å². The van der Waals surface area contributed by atoms with Gasteiger partial charge in [0.05, 0.1) is 11.7 Å². The fourth-order valence-electron chi connectivity index (χ4n) is 2.11. The quantitative estimate of drug-likeness (QED) is 0.798. The highest BCUT2D eigenvalue weighted by Crippen LogP contribution is 2.22. The molecular weight excluding hydrogens is 274 g/mol. The standard InChI is InChI=1S/C15H14F2N4/c1-2-7-18-14-11(16)8-12(17)15(20-14)21-13-6-4-3-5-10(13)9-19-21/h3-6,8-9H,2,7H2,1H3,(H,18,20). The minimum Gasteiger partial charge on any atom is -0.368 e. The van der Waals surface area contributed by atoms with Gasteiger partial charge in [0.1, 0.15) is 0 Å². The molecule has 0 aliphatic carbocycles. The molecule has 3 aromatic rings. The van der Waals surface area contributed by atoms with E-state index in [1.807, 2.05) is 31.2 Å². The Morgan fingerprint density at radius 2 is 2.00 bits per heavy atom. The van der Waals surface area contributed by atoms with E-state index in [4.69, 9.17) is 0 Å². The lowest BCUT2D eigenvalue weighted by atomic mass is 10.2. The van der Waals surface area contributed by atoms with Crippen molar-refractivity contribution in [3.8, 4) is 5.82 Å². The zero-order valence-corrected chi connectivity index (χ0v) is 11.5. The summed E-state index contributed by atoms with van der Waals surface area (Å²) in [6, 6.07) is 8.22. The highest BCUT2D eigenvalue weighted by atomic mass is 19.1. The highest BCUT2D eigenvalue weighted by Gasteiger charge is 2.15. The molecule has 4 nitrogen and oxygen atoms in total. The topological polar surface area (TPSA) is 42.7 Å². The van der Waals surface area contributed by atoms with Crippen LogP contribution in [0.1, 0.15) is 13.3 Å². The molecule has 0 amide bonds. The molecule has 108 valence electrons. The van der Waals surface area contributed by atoms with Gasteiger partial charge in [-0.2, -0.15) is 5.10 Å². The lowest BCUT2D eigenvalue weighted by Crippen LogP contribution is -2.10. The van der Waals surface area contributed by atoms with Gasteiger partial charge in [-0.1, -0.05) is 25.1 Å². The summed E-state index contributed by atoms with van der Waals surface area (Å²) in [6.07, 6.45) is 2.44. The van der Waals surface area contributed by atoms with Crippen molar-refractivity contribution in [3.05, 3.63) is 48.2 Å². The van der Waals surface area contributed by atoms with Crippen LogP contribution in [0.15, 0.2) is 36.5 Å². The summed E-state index contributed by atoms with van der Waals surface area (Å²) in [5.74, 6) is -1.44. The number of fused-ring (bicyclic) bond motifs is 1. The van der Waals surface area contributed by atoms with Crippen LogP contribution in [0, 0.1) is 11.6 Å². The molecule has 3 rings (SSSR count). The number of nitrogens with one attached hydrogen (secondary N) is 1. The van der Waals surface area contributed by atoms with E-state index in [1.54, 1.807) is 6.20 Å². The first kappa shape index (κ1) is 13.5. The molecule has 0 saturated heterocycles. The van der Waals surface area contributed by atoms with Crippen LogP contribution in [0.5, 0.6) is 0 Å². The molecule has 2 aromatic heterocycles. The lowest BCUT2D eigenvalue weighted by molar-refractivity contribution is 0.564. The summed E-state index contributed by atoms with van der Waals surface area (Å²) < 4.78 is 29.1. The number of hydrogen-bond donors (Lipinski definition) is 1. The van der Waals surface area contributed by atoms with E-state index >= 15 is 0 Å². The summed E-state index contributed by atoms with van der Waals surface area (Å²) in [4.78, 5) is 4.04. The lowest BCUT2D eigenvalue weighted by Gasteiger charge is -2.09. The largest absolute Gasteiger partial charge is 0.368 e.